The summed E-state index contributed by atoms with van der Waals surface area (Å²) < 4.78 is 15.5. The first kappa shape index (κ1) is 18.6. The molecule has 1 aliphatic heterocycles. The fourth-order valence-electron chi connectivity index (χ4n) is 2.85. The van der Waals surface area contributed by atoms with Crippen LogP contribution in [0.15, 0.2) is 12.1 Å². The predicted octanol–water partition coefficient (Wildman–Crippen LogP) is 1.17. The predicted molar refractivity (Wildman–Crippen MR) is 86.6 cm³/mol. The number of hydrogen-bond donors (Lipinski definition) is 1. The van der Waals surface area contributed by atoms with Crippen molar-refractivity contribution in [1.82, 2.24) is 4.90 Å². The number of carbonyl (C=O) groups is 3. The standard InChI is InChI=1S/C17H21NO7/c1-4-24-13-9-11-10(8-12(13)23-3)6-7-18(14(11)16(20)21)15(19)17(22)25-5-2/h8-9,14H,4-7H2,1-3H3,(H,20,21). The average molecular weight is 351 g/mol. The number of methoxy groups -OCH3 is 1. The molecule has 1 atom stereocenters. The second kappa shape index (κ2) is 7.87. The number of aliphatic carboxylic acids is 1. The summed E-state index contributed by atoms with van der Waals surface area (Å²) >= 11 is 0. The third-order valence-corrected chi connectivity index (χ3v) is 3.90. The molecule has 1 amide bonds. The third kappa shape index (κ3) is 3.67. The molecule has 0 fully saturated rings. The Labute approximate surface area is 145 Å². The summed E-state index contributed by atoms with van der Waals surface area (Å²) in [5, 5.41) is 9.65. The fraction of sp³-hybridized carbons (Fsp3) is 0.471. The number of rotatable bonds is 5. The Balaban J connectivity index is 2.46. The number of hydrogen-bond acceptors (Lipinski definition) is 6. The van der Waals surface area contributed by atoms with Gasteiger partial charge in [-0.05, 0) is 43.5 Å². The highest BCUT2D eigenvalue weighted by molar-refractivity contribution is 6.32. The number of carboxylic acids is 1. The quantitative estimate of drug-likeness (QED) is 0.627. The Morgan fingerprint density at radius 1 is 1.20 bits per heavy atom. The van der Waals surface area contributed by atoms with Gasteiger partial charge < -0.3 is 24.2 Å². The molecule has 136 valence electrons. The first-order valence-corrected chi connectivity index (χ1v) is 7.98. The van der Waals surface area contributed by atoms with E-state index < -0.39 is 23.9 Å². The van der Waals surface area contributed by atoms with Crippen LogP contribution in [0.4, 0.5) is 0 Å². The van der Waals surface area contributed by atoms with Crippen molar-refractivity contribution in [3.8, 4) is 11.5 Å². The lowest BCUT2D eigenvalue weighted by Gasteiger charge is -2.34. The lowest BCUT2D eigenvalue weighted by molar-refractivity contribution is -0.164. The van der Waals surface area contributed by atoms with E-state index in [9.17, 15) is 19.5 Å². The van der Waals surface area contributed by atoms with Crippen LogP contribution in [0.2, 0.25) is 0 Å². The van der Waals surface area contributed by atoms with E-state index in [2.05, 4.69) is 0 Å². The molecule has 25 heavy (non-hydrogen) atoms. The van der Waals surface area contributed by atoms with E-state index in [0.29, 0.717) is 30.1 Å². The van der Waals surface area contributed by atoms with Gasteiger partial charge in [-0.2, -0.15) is 0 Å². The first-order valence-electron chi connectivity index (χ1n) is 7.98. The number of fused-ring (bicyclic) bond motifs is 1. The smallest absolute Gasteiger partial charge is 0.397 e. The van der Waals surface area contributed by atoms with Crippen LogP contribution in [-0.2, 0) is 25.5 Å². The molecule has 1 aromatic rings. The summed E-state index contributed by atoms with van der Waals surface area (Å²) in [5.41, 5.74) is 1.14. The largest absolute Gasteiger partial charge is 0.493 e. The van der Waals surface area contributed by atoms with Gasteiger partial charge in [0.05, 0.1) is 20.3 Å². The van der Waals surface area contributed by atoms with Gasteiger partial charge in [0, 0.05) is 6.54 Å². The minimum atomic E-state index is -1.29. The van der Waals surface area contributed by atoms with Crippen molar-refractivity contribution < 1.29 is 33.7 Å². The minimum Gasteiger partial charge on any atom is -0.493 e. The summed E-state index contributed by atoms with van der Waals surface area (Å²) in [5.74, 6) is -2.37. The lowest BCUT2D eigenvalue weighted by Crippen LogP contribution is -2.46. The van der Waals surface area contributed by atoms with E-state index >= 15 is 0 Å². The van der Waals surface area contributed by atoms with E-state index in [1.165, 1.54) is 7.11 Å². The van der Waals surface area contributed by atoms with Crippen molar-refractivity contribution in [1.29, 1.82) is 0 Å². The van der Waals surface area contributed by atoms with Crippen LogP contribution in [0.1, 0.15) is 31.0 Å². The van der Waals surface area contributed by atoms with Crippen molar-refractivity contribution in [2.24, 2.45) is 0 Å². The molecular weight excluding hydrogens is 330 g/mol. The highest BCUT2D eigenvalue weighted by Crippen LogP contribution is 2.38. The van der Waals surface area contributed by atoms with E-state index in [1.807, 2.05) is 0 Å². The van der Waals surface area contributed by atoms with Gasteiger partial charge in [0.25, 0.3) is 0 Å². The minimum absolute atomic E-state index is 0.0401. The molecule has 1 aromatic carbocycles. The molecule has 1 N–H and O–H groups in total. The summed E-state index contributed by atoms with van der Waals surface area (Å²) in [7, 11) is 1.50. The molecule has 0 aliphatic carbocycles. The highest BCUT2D eigenvalue weighted by Gasteiger charge is 2.39. The zero-order valence-corrected chi connectivity index (χ0v) is 14.4. The Bertz CT molecular complexity index is 686. The molecule has 2 rings (SSSR count). The molecular formula is C17H21NO7. The number of esters is 1. The highest BCUT2D eigenvalue weighted by atomic mass is 16.5. The average Bonchev–Trinajstić information content (AvgIpc) is 2.59. The van der Waals surface area contributed by atoms with Gasteiger partial charge in [0.1, 0.15) is 0 Å². The molecule has 8 heteroatoms. The van der Waals surface area contributed by atoms with Crippen molar-refractivity contribution in [2.75, 3.05) is 26.9 Å². The number of ether oxygens (including phenoxy) is 3. The third-order valence-electron chi connectivity index (χ3n) is 3.90. The van der Waals surface area contributed by atoms with Crippen LogP contribution in [0, 0.1) is 0 Å². The molecule has 8 nitrogen and oxygen atoms in total. The molecule has 0 aromatic heterocycles. The molecule has 0 saturated carbocycles. The second-order valence-electron chi connectivity index (χ2n) is 5.34. The lowest BCUT2D eigenvalue weighted by atomic mass is 9.91. The second-order valence-corrected chi connectivity index (χ2v) is 5.34. The maximum Gasteiger partial charge on any atom is 0.397 e. The molecule has 0 spiro atoms. The van der Waals surface area contributed by atoms with Crippen LogP contribution in [0.25, 0.3) is 0 Å². The van der Waals surface area contributed by atoms with E-state index in [0.717, 1.165) is 10.5 Å². The number of nitrogens with zero attached hydrogens (tertiary/aromatic N) is 1. The summed E-state index contributed by atoms with van der Waals surface area (Å²) in [6, 6.07) is 1.98. The molecule has 1 aliphatic rings. The number of carboxylic acid groups (broad SMARTS) is 1. The van der Waals surface area contributed by atoms with Crippen molar-refractivity contribution in [3.63, 3.8) is 0 Å². The van der Waals surface area contributed by atoms with Gasteiger partial charge >= 0.3 is 17.8 Å². The zero-order chi connectivity index (χ0) is 18.6. The topological polar surface area (TPSA) is 102 Å². The SMILES string of the molecule is CCOC(=O)C(=O)N1CCc2cc(OC)c(OCC)cc2C1C(=O)O. The molecule has 0 radical (unpaired) electrons. The van der Waals surface area contributed by atoms with E-state index in [1.54, 1.807) is 26.0 Å². The summed E-state index contributed by atoms with van der Waals surface area (Å²) in [6.45, 7) is 3.88. The van der Waals surface area contributed by atoms with E-state index in [4.69, 9.17) is 14.2 Å². The van der Waals surface area contributed by atoms with Crippen LogP contribution in [0.5, 0.6) is 11.5 Å². The zero-order valence-electron chi connectivity index (χ0n) is 14.4. The van der Waals surface area contributed by atoms with Gasteiger partial charge in [-0.1, -0.05) is 0 Å². The molecule has 1 unspecified atom stereocenters. The molecule has 0 saturated heterocycles. The van der Waals surface area contributed by atoms with E-state index in [-0.39, 0.29) is 13.2 Å². The van der Waals surface area contributed by atoms with Gasteiger partial charge in [-0.15, -0.1) is 0 Å². The van der Waals surface area contributed by atoms with Crippen molar-refractivity contribution in [2.45, 2.75) is 26.3 Å². The Kier molecular flexibility index (Phi) is 5.84. The monoisotopic (exact) mass is 351 g/mol. The van der Waals surface area contributed by atoms with Gasteiger partial charge in [0.2, 0.25) is 0 Å². The fourth-order valence-corrected chi connectivity index (χ4v) is 2.85. The van der Waals surface area contributed by atoms with Gasteiger partial charge in [-0.3, -0.25) is 4.79 Å². The first-order chi connectivity index (χ1) is 11.9. The summed E-state index contributed by atoms with van der Waals surface area (Å²) in [6.07, 6.45) is 0.396. The van der Waals surface area contributed by atoms with Crippen molar-refractivity contribution in [3.05, 3.63) is 23.3 Å². The van der Waals surface area contributed by atoms with Crippen molar-refractivity contribution >= 4 is 17.8 Å². The number of amides is 1. The maximum atomic E-state index is 12.3. The Morgan fingerprint density at radius 3 is 2.48 bits per heavy atom. The van der Waals surface area contributed by atoms with Crippen LogP contribution >= 0.6 is 0 Å². The van der Waals surface area contributed by atoms with Crippen LogP contribution in [-0.4, -0.2) is 54.7 Å². The molecule has 0 bridgehead atoms. The Hall–Kier alpha value is -2.77. The van der Waals surface area contributed by atoms with Gasteiger partial charge in [-0.25, -0.2) is 9.59 Å². The van der Waals surface area contributed by atoms with Crippen LogP contribution in [0.3, 0.4) is 0 Å². The summed E-state index contributed by atoms with van der Waals surface area (Å²) in [4.78, 5) is 36.9. The number of benzene rings is 1. The maximum absolute atomic E-state index is 12.3. The normalized spacial score (nSPS) is 16.0. The number of carbonyl (C=O) groups excluding carboxylic acids is 2. The Morgan fingerprint density at radius 2 is 1.92 bits per heavy atom. The van der Waals surface area contributed by atoms with Crippen LogP contribution < -0.4 is 9.47 Å². The molecule has 1 heterocycles. The van der Waals surface area contributed by atoms with Gasteiger partial charge in [0.15, 0.2) is 17.5 Å².